The van der Waals surface area contributed by atoms with E-state index in [0.29, 0.717) is 5.92 Å². The number of rotatable bonds is 5. The Labute approximate surface area is 117 Å². The van der Waals surface area contributed by atoms with Crippen LogP contribution in [0.3, 0.4) is 0 Å². The van der Waals surface area contributed by atoms with Gasteiger partial charge in [0, 0.05) is 17.9 Å². The molecule has 0 bridgehead atoms. The maximum atomic E-state index is 5.93. The van der Waals surface area contributed by atoms with Gasteiger partial charge in [0.2, 0.25) is 0 Å². The summed E-state index contributed by atoms with van der Waals surface area (Å²) in [6, 6.07) is 0. The minimum absolute atomic E-state index is 0.195. The van der Waals surface area contributed by atoms with Gasteiger partial charge in [0.25, 0.3) is 0 Å². The number of nitrogens with zero attached hydrogens (tertiary/aromatic N) is 1. The Bertz CT molecular complexity index is 392. The van der Waals surface area contributed by atoms with E-state index < -0.39 is 0 Å². The molecule has 1 aromatic rings. The molecule has 0 saturated heterocycles. The highest BCUT2D eigenvalue weighted by Crippen LogP contribution is 2.39. The third-order valence-electron chi connectivity index (χ3n) is 4.02. The fourth-order valence-electron chi connectivity index (χ4n) is 2.88. The first-order valence-corrected chi connectivity index (χ1v) is 7.65. The van der Waals surface area contributed by atoms with Crippen LogP contribution in [0, 0.1) is 5.92 Å². The summed E-state index contributed by atoms with van der Waals surface area (Å²) >= 11 is 0. The second kappa shape index (κ2) is 6.08. The van der Waals surface area contributed by atoms with Gasteiger partial charge in [0.15, 0.2) is 5.89 Å². The lowest BCUT2D eigenvalue weighted by molar-refractivity contribution is 0.378. The molecule has 2 unspecified atom stereocenters. The Balaban J connectivity index is 1.78. The summed E-state index contributed by atoms with van der Waals surface area (Å²) in [6.45, 7) is 9.92. The summed E-state index contributed by atoms with van der Waals surface area (Å²) in [6.07, 6.45) is 7.90. The average Bonchev–Trinajstić information content (AvgIpc) is 2.91. The van der Waals surface area contributed by atoms with E-state index in [1.54, 1.807) is 0 Å². The normalized spacial score (nSPS) is 24.0. The summed E-state index contributed by atoms with van der Waals surface area (Å²) in [4.78, 5) is 4.43. The molecule has 1 aromatic heterocycles. The van der Waals surface area contributed by atoms with Crippen LogP contribution < -0.4 is 5.32 Å². The van der Waals surface area contributed by atoms with Gasteiger partial charge in [-0.1, -0.05) is 13.3 Å². The minimum Gasteiger partial charge on any atom is -0.445 e. The van der Waals surface area contributed by atoms with E-state index in [2.05, 4.69) is 38.0 Å². The molecule has 0 aliphatic heterocycles. The molecule has 3 heteroatoms. The predicted molar refractivity (Wildman–Crippen MR) is 78.3 cm³/mol. The van der Waals surface area contributed by atoms with Crippen molar-refractivity contribution >= 4 is 0 Å². The van der Waals surface area contributed by atoms with Gasteiger partial charge in [-0.25, -0.2) is 4.98 Å². The molecule has 0 radical (unpaired) electrons. The van der Waals surface area contributed by atoms with Crippen molar-refractivity contribution in [3.63, 3.8) is 0 Å². The second-order valence-electron chi connectivity index (χ2n) is 6.95. The lowest BCUT2D eigenvalue weighted by atomic mass is 9.96. The number of oxazole rings is 1. The summed E-state index contributed by atoms with van der Waals surface area (Å²) in [5.41, 5.74) is 0.195. The van der Waals surface area contributed by atoms with Crippen molar-refractivity contribution in [1.29, 1.82) is 0 Å². The third-order valence-corrected chi connectivity index (χ3v) is 4.02. The maximum Gasteiger partial charge on any atom is 0.194 e. The largest absolute Gasteiger partial charge is 0.445 e. The Kier molecular flexibility index (Phi) is 4.67. The maximum absolute atomic E-state index is 5.93. The van der Waals surface area contributed by atoms with Crippen LogP contribution in [0.5, 0.6) is 0 Å². The van der Waals surface area contributed by atoms with Crippen molar-refractivity contribution in [2.45, 2.75) is 71.3 Å². The van der Waals surface area contributed by atoms with Crippen LogP contribution in [0.2, 0.25) is 0 Å². The highest BCUT2D eigenvalue weighted by atomic mass is 16.4. The molecule has 1 N–H and O–H groups in total. The van der Waals surface area contributed by atoms with Crippen LogP contribution in [0.15, 0.2) is 10.6 Å². The van der Waals surface area contributed by atoms with Crippen LogP contribution in [0.25, 0.3) is 0 Å². The molecule has 108 valence electrons. The number of nitrogens with one attached hydrogen (secondary N) is 1. The molecule has 19 heavy (non-hydrogen) atoms. The van der Waals surface area contributed by atoms with E-state index in [9.17, 15) is 0 Å². The molecule has 1 heterocycles. The molecular formula is C16H28N2O. The number of aromatic nitrogens is 1. The van der Waals surface area contributed by atoms with E-state index in [1.165, 1.54) is 19.3 Å². The number of hydrogen-bond acceptors (Lipinski definition) is 3. The van der Waals surface area contributed by atoms with Gasteiger partial charge in [-0.05, 0) is 52.5 Å². The first-order valence-electron chi connectivity index (χ1n) is 7.65. The van der Waals surface area contributed by atoms with Gasteiger partial charge in [-0.15, -0.1) is 0 Å². The van der Waals surface area contributed by atoms with Crippen molar-refractivity contribution in [1.82, 2.24) is 10.3 Å². The summed E-state index contributed by atoms with van der Waals surface area (Å²) in [7, 11) is 0. The molecule has 1 aliphatic rings. The van der Waals surface area contributed by atoms with Crippen LogP contribution in [0.4, 0.5) is 0 Å². The summed E-state index contributed by atoms with van der Waals surface area (Å²) in [5, 5.41) is 3.49. The molecule has 0 aromatic carbocycles. The second-order valence-corrected chi connectivity index (χ2v) is 6.95. The van der Waals surface area contributed by atoms with Crippen LogP contribution in [0.1, 0.15) is 70.9 Å². The summed E-state index contributed by atoms with van der Waals surface area (Å²) < 4.78 is 5.93. The van der Waals surface area contributed by atoms with E-state index >= 15 is 0 Å². The Morgan fingerprint density at radius 3 is 2.79 bits per heavy atom. The molecule has 1 fully saturated rings. The van der Waals surface area contributed by atoms with E-state index in [0.717, 1.165) is 37.0 Å². The van der Waals surface area contributed by atoms with Crippen molar-refractivity contribution in [3.05, 3.63) is 17.8 Å². The van der Waals surface area contributed by atoms with Gasteiger partial charge in [0.05, 0.1) is 6.20 Å². The van der Waals surface area contributed by atoms with Gasteiger partial charge in [-0.2, -0.15) is 0 Å². The van der Waals surface area contributed by atoms with Crippen LogP contribution in [-0.2, 0) is 6.42 Å². The van der Waals surface area contributed by atoms with Crippen molar-refractivity contribution in [3.8, 4) is 0 Å². The summed E-state index contributed by atoms with van der Waals surface area (Å²) in [5.74, 6) is 3.38. The predicted octanol–water partition coefficient (Wildman–Crippen LogP) is 3.90. The van der Waals surface area contributed by atoms with Gasteiger partial charge in [-0.3, -0.25) is 0 Å². The zero-order valence-corrected chi connectivity index (χ0v) is 12.8. The van der Waals surface area contributed by atoms with Gasteiger partial charge in [0.1, 0.15) is 5.76 Å². The Hall–Kier alpha value is -0.830. The quantitative estimate of drug-likeness (QED) is 0.820. The fourth-order valence-corrected chi connectivity index (χ4v) is 2.88. The number of aryl methyl sites for hydroxylation is 1. The smallest absolute Gasteiger partial charge is 0.194 e. The standard InChI is InChI=1S/C16H28N2O/c1-12-7-5-8-13(12)14-11-17-15(19-14)9-6-10-18-16(2,3)4/h11-13,18H,5-10H2,1-4H3. The molecule has 2 rings (SSSR count). The van der Waals surface area contributed by atoms with Crippen molar-refractivity contribution < 1.29 is 4.42 Å². The first-order chi connectivity index (χ1) is 8.96. The lowest BCUT2D eigenvalue weighted by Gasteiger charge is -2.20. The van der Waals surface area contributed by atoms with Gasteiger partial charge < -0.3 is 9.73 Å². The molecular weight excluding hydrogens is 236 g/mol. The topological polar surface area (TPSA) is 38.1 Å². The van der Waals surface area contributed by atoms with Crippen LogP contribution >= 0.6 is 0 Å². The molecule has 2 atom stereocenters. The molecule has 1 aliphatic carbocycles. The van der Waals surface area contributed by atoms with Gasteiger partial charge >= 0.3 is 0 Å². The molecule has 1 saturated carbocycles. The van der Waals surface area contributed by atoms with E-state index in [1.807, 2.05) is 6.20 Å². The zero-order valence-electron chi connectivity index (χ0n) is 12.8. The van der Waals surface area contributed by atoms with E-state index in [4.69, 9.17) is 4.42 Å². The van der Waals surface area contributed by atoms with E-state index in [-0.39, 0.29) is 5.54 Å². The first kappa shape index (κ1) is 14.6. The molecule has 3 nitrogen and oxygen atoms in total. The highest BCUT2D eigenvalue weighted by molar-refractivity contribution is 5.05. The average molecular weight is 264 g/mol. The third kappa shape index (κ3) is 4.34. The molecule has 0 spiro atoms. The van der Waals surface area contributed by atoms with Crippen molar-refractivity contribution in [2.24, 2.45) is 5.92 Å². The van der Waals surface area contributed by atoms with Crippen LogP contribution in [-0.4, -0.2) is 17.1 Å². The Morgan fingerprint density at radius 1 is 1.37 bits per heavy atom. The van der Waals surface area contributed by atoms with Crippen molar-refractivity contribution in [2.75, 3.05) is 6.54 Å². The lowest BCUT2D eigenvalue weighted by Crippen LogP contribution is -2.36. The highest BCUT2D eigenvalue weighted by Gasteiger charge is 2.27. The Morgan fingerprint density at radius 2 is 2.16 bits per heavy atom. The monoisotopic (exact) mass is 264 g/mol. The zero-order chi connectivity index (χ0) is 13.9. The molecule has 0 amide bonds. The number of hydrogen-bond donors (Lipinski definition) is 1. The SMILES string of the molecule is CC1CCCC1c1cnc(CCCNC(C)(C)C)o1. The minimum atomic E-state index is 0.195. The fraction of sp³-hybridized carbons (Fsp3) is 0.812.